The molecule has 1 unspecified atom stereocenters. The summed E-state index contributed by atoms with van der Waals surface area (Å²) in [5, 5.41) is 3.63. The van der Waals surface area contributed by atoms with Crippen LogP contribution in [0.5, 0.6) is 0 Å². The lowest BCUT2D eigenvalue weighted by Gasteiger charge is -2.21. The highest BCUT2D eigenvalue weighted by atomic mass is 35.5. The molecule has 1 nitrogen and oxygen atoms in total. The summed E-state index contributed by atoms with van der Waals surface area (Å²) in [7, 11) is 0. The molecule has 0 aliphatic rings. The van der Waals surface area contributed by atoms with Crippen molar-refractivity contribution in [2.75, 3.05) is 0 Å². The second kappa shape index (κ2) is 7.58. The van der Waals surface area contributed by atoms with E-state index in [1.807, 2.05) is 18.2 Å². The van der Waals surface area contributed by atoms with E-state index in [9.17, 15) is 4.39 Å². The van der Waals surface area contributed by atoms with Crippen LogP contribution in [0.15, 0.2) is 48.5 Å². The lowest BCUT2D eigenvalue weighted by atomic mass is 9.97. The SMILES string of the molecule is CC(C)CC(NCc1cccc(Cl)c1F)c1ccccc1. The van der Waals surface area contributed by atoms with Crippen molar-refractivity contribution in [2.24, 2.45) is 5.92 Å². The highest BCUT2D eigenvalue weighted by Crippen LogP contribution is 2.23. The lowest BCUT2D eigenvalue weighted by molar-refractivity contribution is 0.424. The molecule has 0 bridgehead atoms. The number of benzene rings is 2. The zero-order chi connectivity index (χ0) is 15.2. The maximum absolute atomic E-state index is 13.9. The van der Waals surface area contributed by atoms with Crippen molar-refractivity contribution in [1.82, 2.24) is 5.32 Å². The highest BCUT2D eigenvalue weighted by Gasteiger charge is 2.14. The van der Waals surface area contributed by atoms with Gasteiger partial charge in [-0.15, -0.1) is 0 Å². The van der Waals surface area contributed by atoms with Crippen molar-refractivity contribution in [3.8, 4) is 0 Å². The molecule has 0 radical (unpaired) electrons. The minimum Gasteiger partial charge on any atom is -0.306 e. The molecule has 0 heterocycles. The molecule has 0 saturated carbocycles. The van der Waals surface area contributed by atoms with Gasteiger partial charge >= 0.3 is 0 Å². The van der Waals surface area contributed by atoms with Crippen molar-refractivity contribution in [1.29, 1.82) is 0 Å². The van der Waals surface area contributed by atoms with E-state index in [-0.39, 0.29) is 16.9 Å². The van der Waals surface area contributed by atoms with Crippen LogP contribution in [-0.2, 0) is 6.54 Å². The second-order valence-electron chi connectivity index (χ2n) is 5.69. The monoisotopic (exact) mass is 305 g/mol. The number of hydrogen-bond acceptors (Lipinski definition) is 1. The summed E-state index contributed by atoms with van der Waals surface area (Å²) in [5.74, 6) is 0.231. The van der Waals surface area contributed by atoms with Crippen molar-refractivity contribution in [3.05, 3.63) is 70.5 Å². The van der Waals surface area contributed by atoms with Gasteiger partial charge in [-0.05, 0) is 24.0 Å². The van der Waals surface area contributed by atoms with Gasteiger partial charge in [0.15, 0.2) is 0 Å². The standard InChI is InChI=1S/C18H21ClFN/c1-13(2)11-17(14-7-4-3-5-8-14)21-12-15-9-6-10-16(19)18(15)20/h3-10,13,17,21H,11-12H2,1-2H3. The summed E-state index contributed by atoms with van der Waals surface area (Å²) >= 11 is 5.83. The first-order valence-corrected chi connectivity index (χ1v) is 7.67. The van der Waals surface area contributed by atoms with E-state index in [0.29, 0.717) is 18.0 Å². The minimum absolute atomic E-state index is 0.175. The van der Waals surface area contributed by atoms with Crippen LogP contribution in [-0.4, -0.2) is 0 Å². The minimum atomic E-state index is -0.331. The maximum atomic E-state index is 13.9. The molecular formula is C18H21ClFN. The Labute approximate surface area is 131 Å². The normalized spacial score (nSPS) is 12.6. The Morgan fingerprint density at radius 2 is 1.76 bits per heavy atom. The molecule has 0 spiro atoms. The Balaban J connectivity index is 2.11. The highest BCUT2D eigenvalue weighted by molar-refractivity contribution is 6.30. The van der Waals surface area contributed by atoms with Crippen molar-refractivity contribution in [2.45, 2.75) is 32.9 Å². The average Bonchev–Trinajstić information content (AvgIpc) is 2.48. The fourth-order valence-corrected chi connectivity index (χ4v) is 2.61. The number of rotatable bonds is 6. The van der Waals surface area contributed by atoms with Gasteiger partial charge in [0.25, 0.3) is 0 Å². The Kier molecular flexibility index (Phi) is 5.77. The van der Waals surface area contributed by atoms with Gasteiger partial charge in [0.05, 0.1) is 5.02 Å². The van der Waals surface area contributed by atoms with E-state index in [0.717, 1.165) is 6.42 Å². The first-order valence-electron chi connectivity index (χ1n) is 7.29. The Bertz CT molecular complexity index is 569. The third-order valence-corrected chi connectivity index (χ3v) is 3.77. The molecule has 0 amide bonds. The molecule has 112 valence electrons. The van der Waals surface area contributed by atoms with Crippen LogP contribution >= 0.6 is 11.6 Å². The fraction of sp³-hybridized carbons (Fsp3) is 0.333. The molecular weight excluding hydrogens is 285 g/mol. The van der Waals surface area contributed by atoms with Gasteiger partial charge in [-0.2, -0.15) is 0 Å². The molecule has 0 aliphatic heterocycles. The second-order valence-corrected chi connectivity index (χ2v) is 6.09. The van der Waals surface area contributed by atoms with Gasteiger partial charge in [-0.3, -0.25) is 0 Å². The fourth-order valence-electron chi connectivity index (χ4n) is 2.41. The number of hydrogen-bond donors (Lipinski definition) is 1. The smallest absolute Gasteiger partial charge is 0.146 e. The van der Waals surface area contributed by atoms with Gasteiger partial charge in [-0.25, -0.2) is 4.39 Å². The summed E-state index contributed by atoms with van der Waals surface area (Å²) in [6.07, 6.45) is 1.01. The van der Waals surface area contributed by atoms with Crippen molar-refractivity contribution < 1.29 is 4.39 Å². The molecule has 21 heavy (non-hydrogen) atoms. The number of nitrogens with one attached hydrogen (secondary N) is 1. The summed E-state index contributed by atoms with van der Waals surface area (Å²) in [4.78, 5) is 0. The largest absolute Gasteiger partial charge is 0.306 e. The van der Waals surface area contributed by atoms with Gasteiger partial charge < -0.3 is 5.32 Å². The van der Waals surface area contributed by atoms with E-state index < -0.39 is 0 Å². The zero-order valence-corrected chi connectivity index (χ0v) is 13.2. The molecule has 0 aromatic heterocycles. The summed E-state index contributed by atoms with van der Waals surface area (Å²) in [6, 6.07) is 15.6. The van der Waals surface area contributed by atoms with E-state index in [4.69, 9.17) is 11.6 Å². The van der Waals surface area contributed by atoms with Gasteiger partial charge in [0.1, 0.15) is 5.82 Å². The quantitative estimate of drug-likeness (QED) is 0.758. The molecule has 2 aromatic rings. The van der Waals surface area contributed by atoms with Gasteiger partial charge in [0.2, 0.25) is 0 Å². The van der Waals surface area contributed by atoms with E-state index in [1.165, 1.54) is 5.56 Å². The molecule has 1 N–H and O–H groups in total. The lowest BCUT2D eigenvalue weighted by Crippen LogP contribution is -2.23. The Morgan fingerprint density at radius 1 is 1.05 bits per heavy atom. The third kappa shape index (κ3) is 4.55. The predicted octanol–water partition coefficient (Wildman–Crippen LogP) is 5.36. The van der Waals surface area contributed by atoms with Crippen LogP contribution in [0.25, 0.3) is 0 Å². The van der Waals surface area contributed by atoms with Crippen LogP contribution in [0, 0.1) is 11.7 Å². The summed E-state index contributed by atoms with van der Waals surface area (Å²) in [6.45, 7) is 4.86. The summed E-state index contributed by atoms with van der Waals surface area (Å²) < 4.78 is 13.9. The van der Waals surface area contributed by atoms with Crippen LogP contribution in [0.4, 0.5) is 4.39 Å². The molecule has 0 fully saturated rings. The van der Waals surface area contributed by atoms with Crippen LogP contribution in [0.2, 0.25) is 5.02 Å². The average molecular weight is 306 g/mol. The maximum Gasteiger partial charge on any atom is 0.146 e. The first-order chi connectivity index (χ1) is 10.1. The molecule has 0 aliphatic carbocycles. The van der Waals surface area contributed by atoms with E-state index in [2.05, 4.69) is 31.3 Å². The summed E-state index contributed by atoms with van der Waals surface area (Å²) in [5.41, 5.74) is 1.83. The van der Waals surface area contributed by atoms with Gasteiger partial charge in [-0.1, -0.05) is 67.9 Å². The van der Waals surface area contributed by atoms with Crippen LogP contribution < -0.4 is 5.32 Å². The third-order valence-electron chi connectivity index (χ3n) is 3.48. The van der Waals surface area contributed by atoms with Crippen LogP contribution in [0.3, 0.4) is 0 Å². The molecule has 1 atom stereocenters. The van der Waals surface area contributed by atoms with Crippen LogP contribution in [0.1, 0.15) is 37.4 Å². The Hall–Kier alpha value is -1.38. The first kappa shape index (κ1) is 16.0. The number of halogens is 2. The zero-order valence-electron chi connectivity index (χ0n) is 12.4. The van der Waals surface area contributed by atoms with Crippen molar-refractivity contribution in [3.63, 3.8) is 0 Å². The molecule has 2 aromatic carbocycles. The van der Waals surface area contributed by atoms with Gasteiger partial charge in [0, 0.05) is 18.2 Å². The van der Waals surface area contributed by atoms with E-state index >= 15 is 0 Å². The predicted molar refractivity (Wildman–Crippen MR) is 86.9 cm³/mol. The molecule has 0 saturated heterocycles. The van der Waals surface area contributed by atoms with E-state index in [1.54, 1.807) is 18.2 Å². The van der Waals surface area contributed by atoms with Crippen molar-refractivity contribution >= 4 is 11.6 Å². The Morgan fingerprint density at radius 3 is 2.43 bits per heavy atom. The molecule has 3 heteroatoms. The molecule has 2 rings (SSSR count). The topological polar surface area (TPSA) is 12.0 Å².